The Morgan fingerprint density at radius 2 is 2.24 bits per heavy atom. The quantitative estimate of drug-likeness (QED) is 0.873. The van der Waals surface area contributed by atoms with Crippen LogP contribution in [0.5, 0.6) is 0 Å². The molecule has 7 heteroatoms. The highest BCUT2D eigenvalue weighted by molar-refractivity contribution is 7.19. The third kappa shape index (κ3) is 3.05. The van der Waals surface area contributed by atoms with Gasteiger partial charge in [-0.3, -0.25) is 0 Å². The molecule has 2 aromatic heterocycles. The summed E-state index contributed by atoms with van der Waals surface area (Å²) in [6, 6.07) is 0.307. The zero-order chi connectivity index (χ0) is 12.1. The van der Waals surface area contributed by atoms with Gasteiger partial charge in [-0.15, -0.1) is 15.3 Å². The van der Waals surface area contributed by atoms with Gasteiger partial charge in [0.2, 0.25) is 0 Å². The minimum absolute atomic E-state index is 0.307. The van der Waals surface area contributed by atoms with Crippen molar-refractivity contribution in [2.75, 3.05) is 6.54 Å². The fourth-order valence-electron chi connectivity index (χ4n) is 1.46. The first-order chi connectivity index (χ1) is 8.35. The maximum Gasteiger partial charge on any atom is 0.161 e. The maximum atomic E-state index is 4.25. The van der Waals surface area contributed by atoms with E-state index >= 15 is 0 Å². The van der Waals surface area contributed by atoms with Crippen LogP contribution in [0.15, 0.2) is 6.20 Å². The lowest BCUT2D eigenvalue weighted by molar-refractivity contribution is 0.513. The van der Waals surface area contributed by atoms with Gasteiger partial charge in [0.1, 0.15) is 9.88 Å². The number of nitrogens with one attached hydrogen (secondary N) is 1. The molecule has 0 aliphatic rings. The van der Waals surface area contributed by atoms with Crippen LogP contribution in [0, 0.1) is 0 Å². The van der Waals surface area contributed by atoms with Gasteiger partial charge >= 0.3 is 0 Å². The van der Waals surface area contributed by atoms with E-state index in [-0.39, 0.29) is 0 Å². The van der Waals surface area contributed by atoms with Gasteiger partial charge in [-0.1, -0.05) is 29.7 Å². The summed E-state index contributed by atoms with van der Waals surface area (Å²) < 4.78 is 3.84. The number of rotatable bonds is 6. The number of hydrogen-bond acceptors (Lipinski definition) is 7. The van der Waals surface area contributed by atoms with E-state index in [1.54, 1.807) is 17.5 Å². The summed E-state index contributed by atoms with van der Waals surface area (Å²) >= 11 is 2.97. The van der Waals surface area contributed by atoms with Crippen LogP contribution in [0.1, 0.15) is 37.7 Å². The number of hydrogen-bond donors (Lipinski definition) is 1. The van der Waals surface area contributed by atoms with Crippen LogP contribution >= 0.6 is 22.9 Å². The highest BCUT2D eigenvalue weighted by atomic mass is 32.1. The molecule has 2 rings (SSSR count). The van der Waals surface area contributed by atoms with E-state index < -0.39 is 0 Å². The average molecular weight is 269 g/mol. The first kappa shape index (κ1) is 12.5. The molecule has 1 unspecified atom stereocenters. The molecule has 0 radical (unpaired) electrons. The predicted octanol–water partition coefficient (Wildman–Crippen LogP) is 2.51. The van der Waals surface area contributed by atoms with Gasteiger partial charge in [0.05, 0.1) is 12.2 Å². The Labute approximate surface area is 108 Å². The molecule has 2 heterocycles. The summed E-state index contributed by atoms with van der Waals surface area (Å²) in [6.07, 6.45) is 3.88. The molecule has 0 amide bonds. The van der Waals surface area contributed by atoms with E-state index in [0.29, 0.717) is 6.04 Å². The molecule has 17 heavy (non-hydrogen) atoms. The van der Waals surface area contributed by atoms with Gasteiger partial charge in [-0.05, 0) is 30.9 Å². The Bertz CT molecular complexity index is 439. The highest BCUT2D eigenvalue weighted by Gasteiger charge is 2.15. The van der Waals surface area contributed by atoms with Crippen molar-refractivity contribution in [3.05, 3.63) is 11.2 Å². The third-order valence-electron chi connectivity index (χ3n) is 2.36. The Balaban J connectivity index is 2.11. The molecule has 5 nitrogen and oxygen atoms in total. The van der Waals surface area contributed by atoms with Crippen molar-refractivity contribution < 1.29 is 0 Å². The molecular weight excluding hydrogens is 254 g/mol. The van der Waals surface area contributed by atoms with Gasteiger partial charge in [-0.25, -0.2) is 0 Å². The Kier molecular flexibility index (Phi) is 4.52. The van der Waals surface area contributed by atoms with Gasteiger partial charge in [0.25, 0.3) is 0 Å². The van der Waals surface area contributed by atoms with Crippen molar-refractivity contribution in [3.63, 3.8) is 0 Å². The lowest BCUT2D eigenvalue weighted by Crippen LogP contribution is -2.21. The largest absolute Gasteiger partial charge is 0.308 e. The zero-order valence-electron chi connectivity index (χ0n) is 9.88. The summed E-state index contributed by atoms with van der Waals surface area (Å²) in [7, 11) is 0. The molecule has 92 valence electrons. The Morgan fingerprint density at radius 3 is 2.88 bits per heavy atom. The smallest absolute Gasteiger partial charge is 0.161 e. The van der Waals surface area contributed by atoms with Crippen LogP contribution in [0.2, 0.25) is 0 Å². The summed E-state index contributed by atoms with van der Waals surface area (Å²) in [6.45, 7) is 5.33. The Morgan fingerprint density at radius 1 is 1.35 bits per heavy atom. The second-order valence-electron chi connectivity index (χ2n) is 3.64. The second-order valence-corrected chi connectivity index (χ2v) is 5.44. The maximum absolute atomic E-state index is 4.25. The molecule has 0 aliphatic carbocycles. The van der Waals surface area contributed by atoms with Gasteiger partial charge in [0, 0.05) is 0 Å². The molecule has 1 atom stereocenters. The van der Waals surface area contributed by atoms with Crippen LogP contribution in [0.4, 0.5) is 0 Å². The molecule has 0 saturated carbocycles. The standard InChI is InChI=1S/C10H15N5S2/c1-3-5-11-7(4-2)9-13-14-10(16-9)8-6-12-15-17-8/h6-7,11H,3-5H2,1-2H3. The zero-order valence-corrected chi connectivity index (χ0v) is 11.5. The summed E-state index contributed by atoms with van der Waals surface area (Å²) in [5, 5.41) is 17.7. The van der Waals surface area contributed by atoms with Gasteiger partial charge < -0.3 is 5.32 Å². The summed E-state index contributed by atoms with van der Waals surface area (Å²) in [4.78, 5) is 0.985. The highest BCUT2D eigenvalue weighted by Crippen LogP contribution is 2.29. The van der Waals surface area contributed by atoms with Crippen LogP contribution in [-0.4, -0.2) is 26.3 Å². The van der Waals surface area contributed by atoms with Crippen molar-refractivity contribution in [3.8, 4) is 9.88 Å². The predicted molar refractivity (Wildman–Crippen MR) is 70.1 cm³/mol. The van der Waals surface area contributed by atoms with Crippen LogP contribution < -0.4 is 5.32 Å². The van der Waals surface area contributed by atoms with Gasteiger partial charge in [-0.2, -0.15) is 0 Å². The van der Waals surface area contributed by atoms with Crippen LogP contribution in [0.25, 0.3) is 9.88 Å². The second kappa shape index (κ2) is 6.13. The minimum Gasteiger partial charge on any atom is -0.308 e. The summed E-state index contributed by atoms with van der Waals surface area (Å²) in [5.74, 6) is 0. The normalized spacial score (nSPS) is 12.8. The van der Waals surface area contributed by atoms with Crippen LogP contribution in [-0.2, 0) is 0 Å². The average Bonchev–Trinajstić information content (AvgIpc) is 3.00. The van der Waals surface area contributed by atoms with E-state index in [1.165, 1.54) is 11.5 Å². The lowest BCUT2D eigenvalue weighted by Gasteiger charge is -2.12. The summed E-state index contributed by atoms with van der Waals surface area (Å²) in [5.41, 5.74) is 0. The third-order valence-corrected chi connectivity index (χ3v) is 4.23. The monoisotopic (exact) mass is 269 g/mol. The molecule has 0 spiro atoms. The van der Waals surface area contributed by atoms with Crippen molar-refractivity contribution in [1.82, 2.24) is 25.1 Å². The molecule has 0 aromatic carbocycles. The van der Waals surface area contributed by atoms with E-state index in [2.05, 4.69) is 38.9 Å². The fraction of sp³-hybridized carbons (Fsp3) is 0.600. The van der Waals surface area contributed by atoms with Crippen molar-refractivity contribution in [2.24, 2.45) is 0 Å². The molecular formula is C10H15N5S2. The van der Waals surface area contributed by atoms with Crippen molar-refractivity contribution in [2.45, 2.75) is 32.7 Å². The number of nitrogens with zero attached hydrogens (tertiary/aromatic N) is 4. The van der Waals surface area contributed by atoms with E-state index in [0.717, 1.165) is 34.3 Å². The molecule has 0 bridgehead atoms. The molecule has 1 N–H and O–H groups in total. The van der Waals surface area contributed by atoms with Crippen molar-refractivity contribution in [1.29, 1.82) is 0 Å². The Hall–Kier alpha value is -0.920. The molecule has 2 aromatic rings. The molecule has 0 saturated heterocycles. The first-order valence-electron chi connectivity index (χ1n) is 5.69. The lowest BCUT2D eigenvalue weighted by atomic mass is 10.2. The van der Waals surface area contributed by atoms with E-state index in [9.17, 15) is 0 Å². The van der Waals surface area contributed by atoms with Crippen molar-refractivity contribution >= 4 is 22.9 Å². The minimum atomic E-state index is 0.307. The first-order valence-corrected chi connectivity index (χ1v) is 7.28. The fourth-order valence-corrected chi connectivity index (χ4v) is 3.00. The molecule has 0 aliphatic heterocycles. The van der Waals surface area contributed by atoms with E-state index in [4.69, 9.17) is 0 Å². The van der Waals surface area contributed by atoms with Gasteiger partial charge in [0.15, 0.2) is 5.01 Å². The van der Waals surface area contributed by atoms with Crippen LogP contribution in [0.3, 0.4) is 0 Å². The molecule has 0 fully saturated rings. The number of aromatic nitrogens is 4. The van der Waals surface area contributed by atoms with E-state index in [1.807, 2.05) is 0 Å². The topological polar surface area (TPSA) is 63.6 Å². The SMILES string of the molecule is CCCNC(CC)c1nnc(-c2cnns2)s1.